The van der Waals surface area contributed by atoms with Gasteiger partial charge in [-0.2, -0.15) is 0 Å². The van der Waals surface area contributed by atoms with Crippen LogP contribution in [0.15, 0.2) is 24.3 Å². The van der Waals surface area contributed by atoms with Gasteiger partial charge in [-0.05, 0) is 42.2 Å². The maximum absolute atomic E-state index is 6.58. The van der Waals surface area contributed by atoms with Gasteiger partial charge < -0.3 is 0 Å². The van der Waals surface area contributed by atoms with Crippen LogP contribution in [-0.2, 0) is 6.42 Å². The third-order valence-electron chi connectivity index (χ3n) is 4.54. The van der Waals surface area contributed by atoms with E-state index >= 15 is 0 Å². The minimum atomic E-state index is 0.199. The summed E-state index contributed by atoms with van der Waals surface area (Å²) in [5.41, 5.74) is 2.73. The van der Waals surface area contributed by atoms with E-state index in [1.54, 1.807) is 0 Å². The molecule has 0 N–H and O–H groups in total. The molecule has 0 nitrogen and oxygen atoms in total. The predicted octanol–water partition coefficient (Wildman–Crippen LogP) is 6.53. The number of hydrogen-bond donors (Lipinski definition) is 0. The van der Waals surface area contributed by atoms with Crippen molar-refractivity contribution in [3.05, 3.63) is 35.4 Å². The smallest absolute Gasteiger partial charge is 0.0585 e. The molecule has 2 rings (SSSR count). The molecule has 0 aliphatic heterocycles. The van der Waals surface area contributed by atoms with Crippen molar-refractivity contribution in [1.29, 1.82) is 0 Å². The molecular formula is C19H29Cl. The molecule has 0 saturated heterocycles. The van der Waals surface area contributed by atoms with Crippen LogP contribution in [0.4, 0.5) is 0 Å². The molecule has 1 unspecified atom stereocenters. The Kier molecular flexibility index (Phi) is 6.42. The molecule has 1 saturated carbocycles. The highest BCUT2D eigenvalue weighted by Crippen LogP contribution is 2.33. The molecule has 1 aromatic rings. The van der Waals surface area contributed by atoms with E-state index in [2.05, 4.69) is 38.1 Å². The van der Waals surface area contributed by atoms with Gasteiger partial charge in [0.25, 0.3) is 0 Å². The number of halogens is 1. The van der Waals surface area contributed by atoms with E-state index in [1.165, 1.54) is 49.7 Å². The Morgan fingerprint density at radius 1 is 1.05 bits per heavy atom. The lowest BCUT2D eigenvalue weighted by atomic mass is 9.85. The van der Waals surface area contributed by atoms with Gasteiger partial charge in [0.2, 0.25) is 0 Å². The van der Waals surface area contributed by atoms with Crippen LogP contribution in [0.2, 0.25) is 0 Å². The third kappa shape index (κ3) is 5.13. The van der Waals surface area contributed by atoms with Crippen LogP contribution in [0.5, 0.6) is 0 Å². The molecule has 0 bridgehead atoms. The number of alkyl halides is 1. The van der Waals surface area contributed by atoms with Crippen LogP contribution in [-0.4, -0.2) is 0 Å². The van der Waals surface area contributed by atoms with Crippen molar-refractivity contribution in [3.63, 3.8) is 0 Å². The lowest BCUT2D eigenvalue weighted by Crippen LogP contribution is -2.07. The fraction of sp³-hybridized carbons (Fsp3) is 0.684. The Balaban J connectivity index is 1.80. The highest BCUT2D eigenvalue weighted by atomic mass is 35.5. The molecule has 1 aliphatic rings. The van der Waals surface area contributed by atoms with Gasteiger partial charge in [0.15, 0.2) is 0 Å². The van der Waals surface area contributed by atoms with E-state index in [9.17, 15) is 0 Å². The van der Waals surface area contributed by atoms with Crippen LogP contribution >= 0.6 is 11.6 Å². The second kappa shape index (κ2) is 8.08. The third-order valence-corrected chi connectivity index (χ3v) is 5.01. The molecule has 0 radical (unpaired) electrons. The zero-order valence-corrected chi connectivity index (χ0v) is 13.8. The first-order valence-electron chi connectivity index (χ1n) is 8.38. The normalized spacial score (nSPS) is 18.4. The largest absolute Gasteiger partial charge is 0.118 e. The van der Waals surface area contributed by atoms with Gasteiger partial charge in [0.1, 0.15) is 0 Å². The predicted molar refractivity (Wildman–Crippen MR) is 89.4 cm³/mol. The molecular weight excluding hydrogens is 264 g/mol. The van der Waals surface area contributed by atoms with Gasteiger partial charge in [0, 0.05) is 0 Å². The Labute approximate surface area is 129 Å². The molecule has 0 amide bonds. The summed E-state index contributed by atoms with van der Waals surface area (Å²) in [6.07, 6.45) is 10.8. The molecule has 1 aliphatic carbocycles. The van der Waals surface area contributed by atoms with Crippen molar-refractivity contribution in [1.82, 2.24) is 0 Å². The molecule has 1 heteroatoms. The molecule has 0 aromatic heterocycles. The number of hydrogen-bond acceptors (Lipinski definition) is 0. The Hall–Kier alpha value is -0.490. The average molecular weight is 293 g/mol. The summed E-state index contributed by atoms with van der Waals surface area (Å²) < 4.78 is 0. The summed E-state index contributed by atoms with van der Waals surface area (Å²) in [7, 11) is 0. The van der Waals surface area contributed by atoms with Crippen molar-refractivity contribution in [2.75, 3.05) is 0 Å². The molecule has 1 atom stereocenters. The summed E-state index contributed by atoms with van der Waals surface area (Å²) in [4.78, 5) is 0. The summed E-state index contributed by atoms with van der Waals surface area (Å²) in [6, 6.07) is 8.98. The van der Waals surface area contributed by atoms with E-state index in [4.69, 9.17) is 11.6 Å². The summed E-state index contributed by atoms with van der Waals surface area (Å²) in [5.74, 6) is 1.66. The highest BCUT2D eigenvalue weighted by molar-refractivity contribution is 6.20. The monoisotopic (exact) mass is 292 g/mol. The fourth-order valence-corrected chi connectivity index (χ4v) is 3.63. The lowest BCUT2D eigenvalue weighted by molar-refractivity contribution is 0.331. The summed E-state index contributed by atoms with van der Waals surface area (Å²) in [5, 5.41) is 0.199. The zero-order chi connectivity index (χ0) is 14.4. The minimum Gasteiger partial charge on any atom is -0.118 e. The fourth-order valence-electron chi connectivity index (χ4n) is 3.36. The Bertz CT molecular complexity index is 373. The van der Waals surface area contributed by atoms with E-state index in [0.717, 1.165) is 24.7 Å². The van der Waals surface area contributed by atoms with Crippen molar-refractivity contribution < 1.29 is 0 Å². The standard InChI is InChI=1S/C19H29Cl/c1-15(2)14-17-8-11-18(12-9-17)19(20)13-10-16-6-4-3-5-7-16/h8-9,11-12,15-16,19H,3-7,10,13-14H2,1-2H3. The van der Waals surface area contributed by atoms with E-state index in [1.807, 2.05) is 0 Å². The maximum atomic E-state index is 6.58. The first-order chi connectivity index (χ1) is 9.65. The molecule has 1 fully saturated rings. The van der Waals surface area contributed by atoms with Crippen LogP contribution in [0.1, 0.15) is 75.3 Å². The second-order valence-corrected chi connectivity index (χ2v) is 7.42. The van der Waals surface area contributed by atoms with Gasteiger partial charge in [-0.3, -0.25) is 0 Å². The topological polar surface area (TPSA) is 0 Å². The maximum Gasteiger partial charge on any atom is 0.0585 e. The van der Waals surface area contributed by atoms with Crippen LogP contribution in [0.3, 0.4) is 0 Å². The Morgan fingerprint density at radius 3 is 2.30 bits per heavy atom. The van der Waals surface area contributed by atoms with Gasteiger partial charge in [-0.1, -0.05) is 70.2 Å². The van der Waals surface area contributed by atoms with Crippen LogP contribution in [0.25, 0.3) is 0 Å². The molecule has 0 heterocycles. The van der Waals surface area contributed by atoms with E-state index in [0.29, 0.717) is 0 Å². The lowest BCUT2D eigenvalue weighted by Gasteiger charge is -2.22. The molecule has 112 valence electrons. The van der Waals surface area contributed by atoms with Gasteiger partial charge >= 0.3 is 0 Å². The highest BCUT2D eigenvalue weighted by Gasteiger charge is 2.16. The summed E-state index contributed by atoms with van der Waals surface area (Å²) >= 11 is 6.58. The van der Waals surface area contributed by atoms with Gasteiger partial charge in [-0.25, -0.2) is 0 Å². The Morgan fingerprint density at radius 2 is 1.70 bits per heavy atom. The van der Waals surface area contributed by atoms with Gasteiger partial charge in [0.05, 0.1) is 5.38 Å². The molecule has 0 spiro atoms. The van der Waals surface area contributed by atoms with Crippen LogP contribution in [0, 0.1) is 11.8 Å². The van der Waals surface area contributed by atoms with Crippen molar-refractivity contribution >= 4 is 11.6 Å². The van der Waals surface area contributed by atoms with E-state index < -0.39 is 0 Å². The average Bonchev–Trinajstić information content (AvgIpc) is 2.46. The molecule has 1 aromatic carbocycles. The first kappa shape index (κ1) is 15.9. The number of rotatable bonds is 6. The van der Waals surface area contributed by atoms with Crippen LogP contribution < -0.4 is 0 Å². The minimum absolute atomic E-state index is 0.199. The second-order valence-electron chi connectivity index (χ2n) is 6.89. The SMILES string of the molecule is CC(C)Cc1ccc(C(Cl)CCC2CCCCC2)cc1. The first-order valence-corrected chi connectivity index (χ1v) is 8.81. The van der Waals surface area contributed by atoms with Gasteiger partial charge in [-0.15, -0.1) is 11.6 Å². The van der Waals surface area contributed by atoms with Crippen molar-refractivity contribution in [3.8, 4) is 0 Å². The summed E-state index contributed by atoms with van der Waals surface area (Å²) in [6.45, 7) is 4.53. The van der Waals surface area contributed by atoms with Crippen molar-refractivity contribution in [2.24, 2.45) is 11.8 Å². The quantitative estimate of drug-likeness (QED) is 0.523. The van der Waals surface area contributed by atoms with Crippen molar-refractivity contribution in [2.45, 2.75) is 70.6 Å². The zero-order valence-electron chi connectivity index (χ0n) is 13.1. The molecule has 20 heavy (non-hydrogen) atoms. The number of benzene rings is 1. The van der Waals surface area contributed by atoms with E-state index in [-0.39, 0.29) is 5.38 Å².